The van der Waals surface area contributed by atoms with Crippen LogP contribution >= 0.6 is 0 Å². The van der Waals surface area contributed by atoms with Crippen molar-refractivity contribution < 1.29 is 27.1 Å². The van der Waals surface area contributed by atoms with Gasteiger partial charge in [-0.2, -0.15) is 0 Å². The Hall–Kier alpha value is -2.62. The molecule has 1 saturated carbocycles. The van der Waals surface area contributed by atoms with Gasteiger partial charge in [-0.25, -0.2) is 0 Å². The molecule has 1 amide bonds. The molecule has 2 unspecified atom stereocenters. The summed E-state index contributed by atoms with van der Waals surface area (Å²) in [6.07, 6.45) is -2.56. The summed E-state index contributed by atoms with van der Waals surface area (Å²) in [7, 11) is 0. The Labute approximate surface area is 153 Å². The van der Waals surface area contributed by atoms with Crippen LogP contribution < -0.4 is 15.8 Å². The Morgan fingerprint density at radius 1 is 1.44 bits per heavy atom. The van der Waals surface area contributed by atoms with Crippen LogP contribution in [0.25, 0.3) is 11.5 Å². The van der Waals surface area contributed by atoms with Crippen molar-refractivity contribution in [3.8, 4) is 17.2 Å². The molecule has 0 radical (unpaired) electrons. The van der Waals surface area contributed by atoms with E-state index in [1.807, 2.05) is 0 Å². The van der Waals surface area contributed by atoms with Gasteiger partial charge in [-0.05, 0) is 49.9 Å². The van der Waals surface area contributed by atoms with E-state index in [9.17, 15) is 18.0 Å². The van der Waals surface area contributed by atoms with E-state index in [-0.39, 0.29) is 34.9 Å². The molecule has 1 aliphatic rings. The Kier molecular flexibility index (Phi) is 5.09. The molecule has 2 aromatic rings. The number of carbonyl (C=O) groups excluding carboxylic acids is 1. The van der Waals surface area contributed by atoms with Crippen molar-refractivity contribution in [2.45, 2.75) is 38.1 Å². The number of amides is 1. The van der Waals surface area contributed by atoms with Crippen molar-refractivity contribution in [2.75, 3.05) is 6.54 Å². The molecule has 3 N–H and O–H groups in total. The molecule has 3 rings (SSSR count). The average molecular weight is 384 g/mol. The Morgan fingerprint density at radius 3 is 2.89 bits per heavy atom. The largest absolute Gasteiger partial charge is 0.573 e. The molecule has 0 saturated heterocycles. The second kappa shape index (κ2) is 7.18. The van der Waals surface area contributed by atoms with Crippen molar-refractivity contribution in [3.63, 3.8) is 0 Å². The van der Waals surface area contributed by atoms with Crippen molar-refractivity contribution in [2.24, 2.45) is 11.7 Å². The van der Waals surface area contributed by atoms with Gasteiger partial charge in [0, 0.05) is 12.5 Å². The zero-order valence-corrected chi connectivity index (χ0v) is 14.5. The van der Waals surface area contributed by atoms with E-state index in [4.69, 9.17) is 10.2 Å². The van der Waals surface area contributed by atoms with Gasteiger partial charge in [0.2, 0.25) is 17.7 Å². The molecular formula is C17H19F3N4O3. The summed E-state index contributed by atoms with van der Waals surface area (Å²) in [5.74, 6) is -0.212. The van der Waals surface area contributed by atoms with Gasteiger partial charge in [-0.1, -0.05) is 6.07 Å². The Morgan fingerprint density at radius 2 is 2.22 bits per heavy atom. The number of ether oxygens (including phenoxy) is 1. The van der Waals surface area contributed by atoms with E-state index < -0.39 is 11.9 Å². The highest BCUT2D eigenvalue weighted by molar-refractivity contribution is 5.74. The minimum atomic E-state index is -4.79. The van der Waals surface area contributed by atoms with Crippen LogP contribution in [0, 0.1) is 5.92 Å². The van der Waals surface area contributed by atoms with Crippen molar-refractivity contribution in [3.05, 3.63) is 30.2 Å². The molecule has 1 aromatic carbocycles. The highest BCUT2D eigenvalue weighted by Crippen LogP contribution is 2.54. The Bertz CT molecular complexity index is 824. The SMILES string of the molecule is CC(=O)NC1(c2nnc(-c3cccc(OC(F)(F)F)c3)o2)CC1CCCN. The van der Waals surface area contributed by atoms with Gasteiger partial charge in [-0.3, -0.25) is 4.79 Å². The lowest BCUT2D eigenvalue weighted by molar-refractivity contribution is -0.274. The minimum Gasteiger partial charge on any atom is -0.418 e. The standard InChI is InChI=1S/C17H19F3N4O3/c1-10(25)22-16(9-12(16)5-3-7-21)15-24-23-14(26-15)11-4-2-6-13(8-11)27-17(18,19)20/h2,4,6,8,12H,3,5,7,9,21H2,1H3,(H,22,25). The lowest BCUT2D eigenvalue weighted by Gasteiger charge is -2.14. The van der Waals surface area contributed by atoms with Crippen LogP contribution in [0.4, 0.5) is 13.2 Å². The first kappa shape index (κ1) is 19.2. The van der Waals surface area contributed by atoms with E-state index >= 15 is 0 Å². The third kappa shape index (κ3) is 4.38. The van der Waals surface area contributed by atoms with E-state index in [0.717, 1.165) is 18.9 Å². The van der Waals surface area contributed by atoms with E-state index in [2.05, 4.69) is 20.3 Å². The fraction of sp³-hybridized carbons (Fsp3) is 0.471. The Balaban J connectivity index is 1.83. The fourth-order valence-electron chi connectivity index (χ4n) is 3.17. The summed E-state index contributed by atoms with van der Waals surface area (Å²) in [6.45, 7) is 1.93. The number of hydrogen-bond acceptors (Lipinski definition) is 6. The average Bonchev–Trinajstić information content (AvgIpc) is 3.03. The lowest BCUT2D eigenvalue weighted by Crippen LogP contribution is -2.35. The third-order valence-corrected chi connectivity index (χ3v) is 4.38. The molecule has 146 valence electrons. The van der Waals surface area contributed by atoms with Crippen LogP contribution in [-0.4, -0.2) is 29.0 Å². The summed E-state index contributed by atoms with van der Waals surface area (Å²) >= 11 is 0. The molecule has 1 fully saturated rings. The number of carbonyl (C=O) groups is 1. The molecule has 0 spiro atoms. The number of alkyl halides is 3. The quantitative estimate of drug-likeness (QED) is 0.761. The molecule has 1 heterocycles. The number of aromatic nitrogens is 2. The summed E-state index contributed by atoms with van der Waals surface area (Å²) < 4.78 is 46.8. The summed E-state index contributed by atoms with van der Waals surface area (Å²) in [5.41, 5.74) is 5.08. The molecule has 27 heavy (non-hydrogen) atoms. The number of hydrogen-bond donors (Lipinski definition) is 2. The van der Waals surface area contributed by atoms with E-state index in [1.165, 1.54) is 25.1 Å². The van der Waals surface area contributed by atoms with Gasteiger partial charge in [-0.15, -0.1) is 23.4 Å². The van der Waals surface area contributed by atoms with Crippen LogP contribution in [-0.2, 0) is 10.3 Å². The monoisotopic (exact) mass is 384 g/mol. The smallest absolute Gasteiger partial charge is 0.418 e. The van der Waals surface area contributed by atoms with Crippen LogP contribution in [0.1, 0.15) is 32.1 Å². The van der Waals surface area contributed by atoms with Crippen LogP contribution in [0.3, 0.4) is 0 Å². The highest BCUT2D eigenvalue weighted by atomic mass is 19.4. The molecule has 10 heteroatoms. The van der Waals surface area contributed by atoms with Crippen LogP contribution in [0.15, 0.2) is 28.7 Å². The van der Waals surface area contributed by atoms with E-state index in [1.54, 1.807) is 0 Å². The van der Waals surface area contributed by atoms with Gasteiger partial charge in [0.15, 0.2) is 0 Å². The third-order valence-electron chi connectivity index (χ3n) is 4.38. The zero-order valence-electron chi connectivity index (χ0n) is 14.5. The first-order chi connectivity index (χ1) is 12.7. The van der Waals surface area contributed by atoms with Crippen molar-refractivity contribution in [1.29, 1.82) is 0 Å². The van der Waals surface area contributed by atoms with Gasteiger partial charge < -0.3 is 20.2 Å². The number of nitrogens with one attached hydrogen (secondary N) is 1. The van der Waals surface area contributed by atoms with E-state index in [0.29, 0.717) is 13.0 Å². The number of benzene rings is 1. The number of halogens is 3. The maximum absolute atomic E-state index is 12.4. The summed E-state index contributed by atoms with van der Waals surface area (Å²) in [4.78, 5) is 11.6. The van der Waals surface area contributed by atoms with Gasteiger partial charge >= 0.3 is 6.36 Å². The van der Waals surface area contributed by atoms with Gasteiger partial charge in [0.25, 0.3) is 0 Å². The van der Waals surface area contributed by atoms with Crippen LogP contribution in [0.5, 0.6) is 5.75 Å². The maximum Gasteiger partial charge on any atom is 0.573 e. The number of nitrogens with two attached hydrogens (primary N) is 1. The molecular weight excluding hydrogens is 365 g/mol. The van der Waals surface area contributed by atoms with Gasteiger partial charge in [0.1, 0.15) is 11.3 Å². The normalized spacial score (nSPS) is 21.7. The van der Waals surface area contributed by atoms with Crippen molar-refractivity contribution >= 4 is 5.91 Å². The minimum absolute atomic E-state index is 0.0480. The molecule has 1 aromatic heterocycles. The molecule has 0 bridgehead atoms. The maximum atomic E-state index is 12.4. The fourth-order valence-corrected chi connectivity index (χ4v) is 3.17. The topological polar surface area (TPSA) is 103 Å². The number of nitrogens with zero attached hydrogens (tertiary/aromatic N) is 2. The first-order valence-corrected chi connectivity index (χ1v) is 8.42. The highest BCUT2D eigenvalue weighted by Gasteiger charge is 2.59. The number of rotatable bonds is 7. The van der Waals surface area contributed by atoms with Gasteiger partial charge in [0.05, 0.1) is 0 Å². The van der Waals surface area contributed by atoms with Crippen LogP contribution in [0.2, 0.25) is 0 Å². The molecule has 2 atom stereocenters. The molecule has 7 nitrogen and oxygen atoms in total. The second-order valence-electron chi connectivity index (χ2n) is 6.47. The molecule has 0 aliphatic heterocycles. The summed E-state index contributed by atoms with van der Waals surface area (Å²) in [6, 6.07) is 5.26. The molecule has 1 aliphatic carbocycles. The lowest BCUT2D eigenvalue weighted by atomic mass is 10.1. The predicted molar refractivity (Wildman–Crippen MR) is 88.3 cm³/mol. The second-order valence-corrected chi connectivity index (χ2v) is 6.47. The summed E-state index contributed by atoms with van der Waals surface area (Å²) in [5, 5.41) is 10.8. The van der Waals surface area contributed by atoms with Crippen molar-refractivity contribution in [1.82, 2.24) is 15.5 Å². The first-order valence-electron chi connectivity index (χ1n) is 8.42. The predicted octanol–water partition coefficient (Wildman–Crippen LogP) is 2.73. The zero-order chi connectivity index (χ0) is 19.7.